The minimum absolute atomic E-state index is 0.00969. The molecule has 1 amide bonds. The zero-order valence-corrected chi connectivity index (χ0v) is 17.0. The van der Waals surface area contributed by atoms with Crippen LogP contribution in [0.3, 0.4) is 0 Å². The Labute approximate surface area is 179 Å². The lowest BCUT2D eigenvalue weighted by atomic mass is 10.1. The lowest BCUT2D eigenvalue weighted by Gasteiger charge is -2.28. The zero-order chi connectivity index (χ0) is 22.4. The summed E-state index contributed by atoms with van der Waals surface area (Å²) in [6.07, 6.45) is 1.85. The maximum absolute atomic E-state index is 12.5. The van der Waals surface area contributed by atoms with Gasteiger partial charge in [0.1, 0.15) is 11.8 Å². The molecule has 2 aromatic rings. The average Bonchev–Trinajstić information content (AvgIpc) is 2.79. The number of carbonyl (C=O) groups excluding carboxylic acids is 2. The van der Waals surface area contributed by atoms with Gasteiger partial charge < -0.3 is 15.0 Å². The fraction of sp³-hybridized carbons (Fsp3) is 0.318. The summed E-state index contributed by atoms with van der Waals surface area (Å²) in [6.45, 7) is 2.84. The molecule has 1 fully saturated rings. The molecule has 0 aromatic heterocycles. The van der Waals surface area contributed by atoms with Gasteiger partial charge in [-0.3, -0.25) is 14.9 Å². The molecule has 1 saturated heterocycles. The largest absolute Gasteiger partial charge is 0.449 e. The third kappa shape index (κ3) is 5.17. The van der Waals surface area contributed by atoms with Gasteiger partial charge in [0, 0.05) is 19.2 Å². The number of nitro groups is 1. The Bertz CT molecular complexity index is 1040. The van der Waals surface area contributed by atoms with E-state index in [0.29, 0.717) is 11.4 Å². The SMILES string of the molecule is C[C@H](OC(=O)c1ccc(N2CCCCC2)c([N+](=O)[O-])c1)C(=O)Nc1ccccc1C#N. The number of anilines is 2. The Morgan fingerprint density at radius 3 is 2.58 bits per heavy atom. The van der Waals surface area contributed by atoms with Crippen LogP contribution in [0.2, 0.25) is 0 Å². The molecule has 0 unspecified atom stereocenters. The number of piperidine rings is 1. The van der Waals surface area contributed by atoms with Gasteiger partial charge in [-0.15, -0.1) is 0 Å². The van der Waals surface area contributed by atoms with Crippen molar-refractivity contribution in [1.82, 2.24) is 0 Å². The van der Waals surface area contributed by atoms with E-state index in [0.717, 1.165) is 32.4 Å². The van der Waals surface area contributed by atoms with Crippen LogP contribution < -0.4 is 10.2 Å². The van der Waals surface area contributed by atoms with Crippen molar-refractivity contribution in [3.63, 3.8) is 0 Å². The number of hydrogen-bond donors (Lipinski definition) is 1. The number of nitrogens with one attached hydrogen (secondary N) is 1. The van der Waals surface area contributed by atoms with E-state index in [1.807, 2.05) is 11.0 Å². The van der Waals surface area contributed by atoms with Gasteiger partial charge in [0.25, 0.3) is 11.6 Å². The Morgan fingerprint density at radius 2 is 1.90 bits per heavy atom. The predicted octanol–water partition coefficient (Wildman–Crippen LogP) is 3.64. The van der Waals surface area contributed by atoms with Crippen LogP contribution in [0.4, 0.5) is 17.1 Å². The van der Waals surface area contributed by atoms with Gasteiger partial charge in [-0.25, -0.2) is 4.79 Å². The van der Waals surface area contributed by atoms with Crippen LogP contribution >= 0.6 is 0 Å². The van der Waals surface area contributed by atoms with Crippen LogP contribution in [0, 0.1) is 21.4 Å². The average molecular weight is 422 g/mol. The monoisotopic (exact) mass is 422 g/mol. The molecular weight excluding hydrogens is 400 g/mol. The second-order valence-electron chi connectivity index (χ2n) is 7.20. The summed E-state index contributed by atoms with van der Waals surface area (Å²) in [5.41, 5.74) is 0.874. The molecule has 31 heavy (non-hydrogen) atoms. The summed E-state index contributed by atoms with van der Waals surface area (Å²) in [7, 11) is 0. The molecular formula is C22H22N4O5. The number of nitro benzene ring substituents is 1. The van der Waals surface area contributed by atoms with Crippen molar-refractivity contribution in [3.8, 4) is 6.07 Å². The zero-order valence-electron chi connectivity index (χ0n) is 17.0. The molecule has 1 N–H and O–H groups in total. The highest BCUT2D eigenvalue weighted by atomic mass is 16.6. The summed E-state index contributed by atoms with van der Waals surface area (Å²) in [5, 5.41) is 23.2. The van der Waals surface area contributed by atoms with Crippen molar-refractivity contribution in [2.75, 3.05) is 23.3 Å². The van der Waals surface area contributed by atoms with Gasteiger partial charge in [-0.05, 0) is 50.5 Å². The number of rotatable bonds is 6. The first-order valence-electron chi connectivity index (χ1n) is 9.95. The van der Waals surface area contributed by atoms with Gasteiger partial charge in [0.15, 0.2) is 6.10 Å². The summed E-state index contributed by atoms with van der Waals surface area (Å²) in [4.78, 5) is 37.9. The topological polar surface area (TPSA) is 126 Å². The van der Waals surface area contributed by atoms with Gasteiger partial charge in [0.05, 0.1) is 21.7 Å². The number of benzene rings is 2. The molecule has 0 saturated carbocycles. The van der Waals surface area contributed by atoms with Crippen LogP contribution in [0.1, 0.15) is 42.1 Å². The van der Waals surface area contributed by atoms with Crippen molar-refractivity contribution < 1.29 is 19.2 Å². The molecule has 1 aliphatic rings. The quantitative estimate of drug-likeness (QED) is 0.428. The molecule has 0 bridgehead atoms. The highest BCUT2D eigenvalue weighted by Crippen LogP contribution is 2.31. The Balaban J connectivity index is 1.72. The molecule has 9 nitrogen and oxygen atoms in total. The fourth-order valence-corrected chi connectivity index (χ4v) is 3.40. The highest BCUT2D eigenvalue weighted by molar-refractivity contribution is 5.98. The molecule has 3 rings (SSSR count). The number of amides is 1. The summed E-state index contributed by atoms with van der Waals surface area (Å²) in [6, 6.07) is 12.6. The minimum atomic E-state index is -1.17. The molecule has 2 aromatic carbocycles. The molecule has 1 heterocycles. The molecule has 160 valence electrons. The van der Waals surface area contributed by atoms with Crippen LogP contribution in [-0.4, -0.2) is 36.0 Å². The third-order valence-electron chi connectivity index (χ3n) is 5.06. The smallest absolute Gasteiger partial charge is 0.339 e. The minimum Gasteiger partial charge on any atom is -0.449 e. The number of nitrogens with zero attached hydrogens (tertiary/aromatic N) is 3. The molecule has 0 spiro atoms. The third-order valence-corrected chi connectivity index (χ3v) is 5.06. The van der Waals surface area contributed by atoms with Crippen molar-refractivity contribution in [1.29, 1.82) is 5.26 Å². The van der Waals surface area contributed by atoms with E-state index in [4.69, 9.17) is 10.00 Å². The van der Waals surface area contributed by atoms with E-state index in [2.05, 4.69) is 5.32 Å². The Hall–Kier alpha value is -3.93. The highest BCUT2D eigenvalue weighted by Gasteiger charge is 2.25. The maximum Gasteiger partial charge on any atom is 0.339 e. The van der Waals surface area contributed by atoms with E-state index in [1.165, 1.54) is 19.1 Å². The number of nitriles is 1. The lowest BCUT2D eigenvalue weighted by molar-refractivity contribution is -0.384. The Morgan fingerprint density at radius 1 is 1.19 bits per heavy atom. The molecule has 0 radical (unpaired) electrons. The number of hydrogen-bond acceptors (Lipinski definition) is 7. The fourth-order valence-electron chi connectivity index (χ4n) is 3.40. The normalized spacial score (nSPS) is 14.3. The molecule has 1 atom stereocenters. The van der Waals surface area contributed by atoms with Crippen LogP contribution in [0.15, 0.2) is 42.5 Å². The molecule has 1 aliphatic heterocycles. The van der Waals surface area contributed by atoms with Crippen LogP contribution in [-0.2, 0) is 9.53 Å². The standard InChI is InChI=1S/C22H22N4O5/c1-15(21(27)24-18-8-4-3-7-17(18)14-23)31-22(28)16-9-10-19(20(13-16)26(29)30)25-11-5-2-6-12-25/h3-4,7-10,13,15H,2,5-6,11-12H2,1H3,(H,24,27)/t15-/m0/s1. The second kappa shape index (κ2) is 9.71. The van der Waals surface area contributed by atoms with E-state index in [1.54, 1.807) is 30.3 Å². The Kier molecular flexibility index (Phi) is 6.82. The number of carbonyl (C=O) groups is 2. The number of ether oxygens (including phenoxy) is 1. The summed E-state index contributed by atoms with van der Waals surface area (Å²) >= 11 is 0. The molecule has 9 heteroatoms. The van der Waals surface area contributed by atoms with Crippen molar-refractivity contribution in [3.05, 3.63) is 63.7 Å². The predicted molar refractivity (Wildman–Crippen MR) is 114 cm³/mol. The maximum atomic E-state index is 12.5. The number of para-hydroxylation sites is 1. The van der Waals surface area contributed by atoms with E-state index in [-0.39, 0.29) is 16.8 Å². The summed E-state index contributed by atoms with van der Waals surface area (Å²) in [5.74, 6) is -1.46. The van der Waals surface area contributed by atoms with E-state index < -0.39 is 22.9 Å². The van der Waals surface area contributed by atoms with Crippen LogP contribution in [0.25, 0.3) is 0 Å². The van der Waals surface area contributed by atoms with Gasteiger partial charge in [0.2, 0.25) is 0 Å². The first-order valence-corrected chi connectivity index (χ1v) is 9.95. The lowest BCUT2D eigenvalue weighted by Crippen LogP contribution is -2.31. The summed E-state index contributed by atoms with van der Waals surface area (Å²) < 4.78 is 5.19. The number of esters is 1. The van der Waals surface area contributed by atoms with Crippen molar-refractivity contribution in [2.45, 2.75) is 32.3 Å². The van der Waals surface area contributed by atoms with E-state index in [9.17, 15) is 19.7 Å². The second-order valence-corrected chi connectivity index (χ2v) is 7.20. The molecule has 0 aliphatic carbocycles. The first-order chi connectivity index (χ1) is 14.9. The van der Waals surface area contributed by atoms with Gasteiger partial charge >= 0.3 is 5.97 Å². The van der Waals surface area contributed by atoms with E-state index >= 15 is 0 Å². The van der Waals surface area contributed by atoms with Crippen molar-refractivity contribution in [2.24, 2.45) is 0 Å². The van der Waals surface area contributed by atoms with Gasteiger partial charge in [-0.2, -0.15) is 5.26 Å². The van der Waals surface area contributed by atoms with Crippen molar-refractivity contribution >= 4 is 28.9 Å². The van der Waals surface area contributed by atoms with Crippen LogP contribution in [0.5, 0.6) is 0 Å². The first kappa shape index (κ1) is 21.8. The van der Waals surface area contributed by atoms with Gasteiger partial charge in [-0.1, -0.05) is 12.1 Å².